The minimum atomic E-state index is -0.391. The van der Waals surface area contributed by atoms with Crippen molar-refractivity contribution in [1.29, 1.82) is 0 Å². The standard InChI is InChI=1S/C22H32O5/c1-12-15(24)9-14-10-18-21(5,27-18)8-7-17-22(6,26-17)11-16(25-13(2)23)19(12)20(14,3)4/h14,16-19H,1,7-11H2,2-6H3/t14?,16-,17?,18?,19?,21?,22?/m0/s1. The topological polar surface area (TPSA) is 68.4 Å². The van der Waals surface area contributed by atoms with E-state index in [1.54, 1.807) is 0 Å². The smallest absolute Gasteiger partial charge is 0.302 e. The normalized spacial score (nSPS) is 48.4. The third-order valence-corrected chi connectivity index (χ3v) is 7.79. The predicted molar refractivity (Wildman–Crippen MR) is 100 cm³/mol. The molecule has 0 aromatic carbocycles. The number of carbonyl (C=O) groups is 2. The molecule has 2 heterocycles. The summed E-state index contributed by atoms with van der Waals surface area (Å²) < 4.78 is 17.9. The van der Waals surface area contributed by atoms with E-state index in [4.69, 9.17) is 14.2 Å². The molecule has 4 aliphatic rings. The van der Waals surface area contributed by atoms with Crippen molar-refractivity contribution in [3.05, 3.63) is 12.2 Å². The third kappa shape index (κ3) is 3.17. The zero-order valence-corrected chi connectivity index (χ0v) is 17.2. The maximum atomic E-state index is 12.8. The Kier molecular flexibility index (Phi) is 4.18. The average molecular weight is 376 g/mol. The number of carbonyl (C=O) groups excluding carboxylic acids is 2. The molecule has 0 amide bonds. The van der Waals surface area contributed by atoms with Crippen LogP contribution in [0.3, 0.4) is 0 Å². The van der Waals surface area contributed by atoms with E-state index < -0.39 is 6.10 Å². The van der Waals surface area contributed by atoms with E-state index in [0.717, 1.165) is 19.3 Å². The second-order valence-corrected chi connectivity index (χ2v) is 10.1. The summed E-state index contributed by atoms with van der Waals surface area (Å²) in [6.45, 7) is 14.2. The number of Topliss-reactive ketones (excluding diaryl/α,β-unsaturated/α-hetero) is 1. The zero-order valence-electron chi connectivity index (χ0n) is 17.2. The molecule has 7 atom stereocenters. The Morgan fingerprint density at radius 2 is 1.81 bits per heavy atom. The highest BCUT2D eigenvalue weighted by Gasteiger charge is 2.62. The number of fused-ring (bicyclic) bond motifs is 4. The van der Waals surface area contributed by atoms with E-state index in [2.05, 4.69) is 34.3 Å². The number of ether oxygens (including phenoxy) is 3. The van der Waals surface area contributed by atoms with Gasteiger partial charge >= 0.3 is 5.97 Å². The molecule has 4 fully saturated rings. The lowest BCUT2D eigenvalue weighted by Crippen LogP contribution is -2.49. The van der Waals surface area contributed by atoms with Crippen LogP contribution in [0.25, 0.3) is 0 Å². The highest BCUT2D eigenvalue weighted by atomic mass is 16.6. The van der Waals surface area contributed by atoms with Gasteiger partial charge in [0.2, 0.25) is 0 Å². The van der Waals surface area contributed by atoms with Gasteiger partial charge in [-0.25, -0.2) is 0 Å². The lowest BCUT2D eigenvalue weighted by Gasteiger charge is -2.48. The fraction of sp³-hybridized carbons (Fsp3) is 0.818. The molecule has 0 aromatic rings. The first-order valence-electron chi connectivity index (χ1n) is 10.2. The number of hydrogen-bond donors (Lipinski definition) is 0. The van der Waals surface area contributed by atoms with Crippen molar-refractivity contribution in [3.8, 4) is 0 Å². The van der Waals surface area contributed by atoms with Gasteiger partial charge in [-0.15, -0.1) is 0 Å². The van der Waals surface area contributed by atoms with Crippen LogP contribution in [0.2, 0.25) is 0 Å². The fourth-order valence-electron chi connectivity index (χ4n) is 5.74. The number of epoxide rings is 2. The average Bonchev–Trinajstić information content (AvgIpc) is 3.38. The molecule has 0 aromatic heterocycles. The monoisotopic (exact) mass is 376 g/mol. The maximum absolute atomic E-state index is 12.8. The minimum absolute atomic E-state index is 0.0928. The first-order chi connectivity index (χ1) is 12.5. The molecule has 0 N–H and O–H groups in total. The molecular formula is C22H32O5. The summed E-state index contributed by atoms with van der Waals surface area (Å²) in [7, 11) is 0. The van der Waals surface area contributed by atoms with Crippen molar-refractivity contribution in [1.82, 2.24) is 0 Å². The van der Waals surface area contributed by atoms with Crippen LogP contribution in [0.5, 0.6) is 0 Å². The third-order valence-electron chi connectivity index (χ3n) is 7.79. The minimum Gasteiger partial charge on any atom is -0.462 e. The second-order valence-electron chi connectivity index (χ2n) is 10.1. The summed E-state index contributed by atoms with van der Waals surface area (Å²) in [5, 5.41) is 0. The summed E-state index contributed by atoms with van der Waals surface area (Å²) in [6.07, 6.45) is 3.85. The van der Waals surface area contributed by atoms with Crippen molar-refractivity contribution < 1.29 is 23.8 Å². The number of rotatable bonds is 1. The lowest BCUT2D eigenvalue weighted by atomic mass is 9.56. The van der Waals surface area contributed by atoms with Gasteiger partial charge in [0, 0.05) is 25.7 Å². The maximum Gasteiger partial charge on any atom is 0.302 e. The summed E-state index contributed by atoms with van der Waals surface area (Å²) in [4.78, 5) is 24.7. The van der Waals surface area contributed by atoms with Crippen LogP contribution < -0.4 is 0 Å². The largest absolute Gasteiger partial charge is 0.462 e. The van der Waals surface area contributed by atoms with E-state index in [0.29, 0.717) is 18.4 Å². The summed E-state index contributed by atoms with van der Waals surface area (Å²) >= 11 is 0. The van der Waals surface area contributed by atoms with Gasteiger partial charge in [-0.05, 0) is 50.0 Å². The van der Waals surface area contributed by atoms with Crippen LogP contribution in [0, 0.1) is 17.3 Å². The number of esters is 1. The first kappa shape index (κ1) is 19.1. The molecule has 150 valence electrons. The molecule has 2 aliphatic carbocycles. The van der Waals surface area contributed by atoms with E-state index in [1.807, 2.05) is 0 Å². The molecule has 4 rings (SSSR count). The van der Waals surface area contributed by atoms with Gasteiger partial charge in [-0.3, -0.25) is 9.59 Å². The second kappa shape index (κ2) is 5.90. The Morgan fingerprint density at radius 3 is 2.48 bits per heavy atom. The Bertz CT molecular complexity index is 697. The zero-order chi connectivity index (χ0) is 19.8. The van der Waals surface area contributed by atoms with Crippen molar-refractivity contribution in [3.63, 3.8) is 0 Å². The molecule has 6 unspecified atom stereocenters. The van der Waals surface area contributed by atoms with Crippen molar-refractivity contribution in [2.45, 2.75) is 96.2 Å². The quantitative estimate of drug-likeness (QED) is 0.397. The van der Waals surface area contributed by atoms with E-state index in [9.17, 15) is 9.59 Å². The van der Waals surface area contributed by atoms with Gasteiger partial charge in [0.05, 0.1) is 23.4 Å². The molecule has 2 aliphatic heterocycles. The lowest BCUT2D eigenvalue weighted by molar-refractivity contribution is -0.155. The van der Waals surface area contributed by atoms with Gasteiger partial charge < -0.3 is 14.2 Å². The Hall–Kier alpha value is -1.20. The van der Waals surface area contributed by atoms with Gasteiger partial charge in [0.15, 0.2) is 5.78 Å². The molecule has 5 nitrogen and oxygen atoms in total. The van der Waals surface area contributed by atoms with Crippen molar-refractivity contribution >= 4 is 11.8 Å². The summed E-state index contributed by atoms with van der Waals surface area (Å²) in [5.74, 6) is -0.226. The highest BCUT2D eigenvalue weighted by Crippen LogP contribution is 2.57. The van der Waals surface area contributed by atoms with Crippen LogP contribution in [0.1, 0.15) is 66.7 Å². The van der Waals surface area contributed by atoms with Gasteiger partial charge in [0.25, 0.3) is 0 Å². The van der Waals surface area contributed by atoms with Crippen LogP contribution in [-0.4, -0.2) is 41.3 Å². The van der Waals surface area contributed by atoms with E-state index in [1.165, 1.54) is 6.92 Å². The molecule has 2 saturated carbocycles. The summed E-state index contributed by atoms with van der Waals surface area (Å²) in [5.41, 5.74) is -0.0192. The molecule has 27 heavy (non-hydrogen) atoms. The van der Waals surface area contributed by atoms with Crippen molar-refractivity contribution in [2.24, 2.45) is 17.3 Å². The van der Waals surface area contributed by atoms with E-state index in [-0.39, 0.29) is 52.4 Å². The SMILES string of the molecule is C=C1C(=O)CC2CC3OC3(C)CCC3OC3(C)C[C@H](OC(C)=O)C1C2(C)C. The van der Waals surface area contributed by atoms with Crippen LogP contribution >= 0.6 is 0 Å². The van der Waals surface area contributed by atoms with Gasteiger partial charge in [-0.2, -0.15) is 0 Å². The van der Waals surface area contributed by atoms with Crippen LogP contribution in [-0.2, 0) is 23.8 Å². The molecule has 0 radical (unpaired) electrons. The van der Waals surface area contributed by atoms with Crippen LogP contribution in [0.15, 0.2) is 12.2 Å². The van der Waals surface area contributed by atoms with E-state index >= 15 is 0 Å². The number of ketones is 1. The Balaban J connectivity index is 1.72. The molecular weight excluding hydrogens is 344 g/mol. The Labute approximate surface area is 161 Å². The highest BCUT2D eigenvalue weighted by molar-refractivity contribution is 5.96. The first-order valence-corrected chi connectivity index (χ1v) is 10.2. The van der Waals surface area contributed by atoms with Crippen molar-refractivity contribution in [2.75, 3.05) is 0 Å². The van der Waals surface area contributed by atoms with Crippen LogP contribution in [0.4, 0.5) is 0 Å². The Morgan fingerprint density at radius 1 is 1.15 bits per heavy atom. The van der Waals surface area contributed by atoms with Gasteiger partial charge in [0.1, 0.15) is 6.10 Å². The molecule has 5 heteroatoms. The number of hydrogen-bond acceptors (Lipinski definition) is 5. The molecule has 2 bridgehead atoms. The summed E-state index contributed by atoms with van der Waals surface area (Å²) in [6, 6.07) is 0. The fourth-order valence-corrected chi connectivity index (χ4v) is 5.74. The predicted octanol–water partition coefficient (Wildman–Crippen LogP) is 3.59. The molecule has 0 spiro atoms. The molecule has 2 saturated heterocycles. The van der Waals surface area contributed by atoms with Gasteiger partial charge in [-0.1, -0.05) is 20.4 Å².